The van der Waals surface area contributed by atoms with Gasteiger partial charge in [0.1, 0.15) is 5.75 Å². The smallest absolute Gasteiger partial charge is 0.254 e. The molecule has 164 valence electrons. The van der Waals surface area contributed by atoms with Gasteiger partial charge in [0.15, 0.2) is 5.16 Å². The van der Waals surface area contributed by atoms with Crippen LogP contribution in [0.1, 0.15) is 56.0 Å². The van der Waals surface area contributed by atoms with Crippen molar-refractivity contribution in [3.63, 3.8) is 0 Å². The van der Waals surface area contributed by atoms with Crippen LogP contribution in [0.15, 0.2) is 40.3 Å². The van der Waals surface area contributed by atoms with Crippen LogP contribution in [0.5, 0.6) is 5.75 Å². The topological polar surface area (TPSA) is 83.7 Å². The summed E-state index contributed by atoms with van der Waals surface area (Å²) in [5.74, 6) is 2.13. The number of hydrogen-bond donors (Lipinski definition) is 2. The van der Waals surface area contributed by atoms with Crippen LogP contribution in [0.4, 0.5) is 0 Å². The first kappa shape index (κ1) is 21.7. The van der Waals surface area contributed by atoms with Gasteiger partial charge in [-0.3, -0.25) is 9.89 Å². The average molecular weight is 439 g/mol. The van der Waals surface area contributed by atoms with Gasteiger partial charge in [-0.2, -0.15) is 5.10 Å². The van der Waals surface area contributed by atoms with E-state index in [1.807, 2.05) is 37.3 Å². The number of nitrogens with zero attached hydrogens (tertiary/aromatic N) is 2. The van der Waals surface area contributed by atoms with Crippen LogP contribution in [-0.4, -0.2) is 27.3 Å². The number of H-pyrrole nitrogens is 2. The van der Waals surface area contributed by atoms with Crippen molar-refractivity contribution < 1.29 is 4.74 Å². The second kappa shape index (κ2) is 10.2. The van der Waals surface area contributed by atoms with Crippen molar-refractivity contribution in [3.05, 3.63) is 57.6 Å². The van der Waals surface area contributed by atoms with Crippen molar-refractivity contribution in [1.82, 2.24) is 20.2 Å². The number of benzene rings is 1. The summed E-state index contributed by atoms with van der Waals surface area (Å²) in [6, 6.07) is 9.91. The predicted molar refractivity (Wildman–Crippen MR) is 125 cm³/mol. The third-order valence-electron chi connectivity index (χ3n) is 6.03. The summed E-state index contributed by atoms with van der Waals surface area (Å²) >= 11 is 1.53. The van der Waals surface area contributed by atoms with E-state index in [-0.39, 0.29) is 5.56 Å². The highest BCUT2D eigenvalue weighted by atomic mass is 32.2. The summed E-state index contributed by atoms with van der Waals surface area (Å²) in [7, 11) is 1.66. The largest absolute Gasteiger partial charge is 0.497 e. The second-order valence-electron chi connectivity index (χ2n) is 8.15. The Morgan fingerprint density at radius 3 is 2.65 bits per heavy atom. The molecule has 7 heteroatoms. The van der Waals surface area contributed by atoms with Gasteiger partial charge in [0.05, 0.1) is 24.2 Å². The van der Waals surface area contributed by atoms with Crippen LogP contribution < -0.4 is 10.3 Å². The van der Waals surface area contributed by atoms with E-state index in [0.717, 1.165) is 46.8 Å². The molecule has 0 amide bonds. The normalized spacial score (nSPS) is 14.6. The van der Waals surface area contributed by atoms with Gasteiger partial charge in [-0.15, -0.1) is 0 Å². The molecule has 0 aliphatic heterocycles. The zero-order chi connectivity index (χ0) is 21.6. The molecule has 1 aliphatic carbocycles. The highest BCUT2D eigenvalue weighted by Crippen LogP contribution is 2.28. The minimum atomic E-state index is 0.00626. The van der Waals surface area contributed by atoms with Gasteiger partial charge >= 0.3 is 0 Å². The Morgan fingerprint density at radius 2 is 1.94 bits per heavy atom. The highest BCUT2D eigenvalue weighted by Gasteiger charge is 2.18. The lowest BCUT2D eigenvalue weighted by molar-refractivity contribution is 0.352. The van der Waals surface area contributed by atoms with Crippen molar-refractivity contribution >= 4 is 11.8 Å². The van der Waals surface area contributed by atoms with Crippen LogP contribution in [0.2, 0.25) is 0 Å². The standard InChI is InChI=1S/C24H30N4O2S/c1-3-20-22(13-16-7-5-4-6-8-16)25-24(26-23(20)29)31-15-18-14-21(28-27-18)17-9-11-19(30-2)12-10-17/h9-12,14,16H,3-8,13,15H2,1-2H3,(H,27,28)(H,25,26,29). The van der Waals surface area contributed by atoms with E-state index in [4.69, 9.17) is 9.72 Å². The Kier molecular flexibility index (Phi) is 7.12. The third kappa shape index (κ3) is 5.39. The van der Waals surface area contributed by atoms with Crippen molar-refractivity contribution in [3.8, 4) is 17.0 Å². The van der Waals surface area contributed by atoms with Crippen molar-refractivity contribution in [2.75, 3.05) is 7.11 Å². The summed E-state index contributed by atoms with van der Waals surface area (Å²) in [6.45, 7) is 2.04. The van der Waals surface area contributed by atoms with E-state index < -0.39 is 0 Å². The Morgan fingerprint density at radius 1 is 1.16 bits per heavy atom. The van der Waals surface area contributed by atoms with Crippen LogP contribution in [0, 0.1) is 5.92 Å². The van der Waals surface area contributed by atoms with E-state index in [0.29, 0.717) is 16.8 Å². The number of methoxy groups -OCH3 is 1. The number of aromatic nitrogens is 4. The van der Waals surface area contributed by atoms with E-state index in [1.54, 1.807) is 7.11 Å². The molecule has 0 atom stereocenters. The molecule has 0 bridgehead atoms. The predicted octanol–water partition coefficient (Wildman–Crippen LogP) is 5.15. The summed E-state index contributed by atoms with van der Waals surface area (Å²) in [4.78, 5) is 20.5. The van der Waals surface area contributed by atoms with Gasteiger partial charge in [-0.25, -0.2) is 4.98 Å². The highest BCUT2D eigenvalue weighted by molar-refractivity contribution is 7.98. The molecule has 31 heavy (non-hydrogen) atoms. The Labute approximate surface area is 187 Å². The number of aromatic amines is 2. The third-order valence-corrected chi connectivity index (χ3v) is 6.94. The van der Waals surface area contributed by atoms with Gasteiger partial charge in [0.2, 0.25) is 0 Å². The Bertz CT molecular complexity index is 1050. The van der Waals surface area contributed by atoms with Crippen LogP contribution in [0.25, 0.3) is 11.3 Å². The number of ether oxygens (including phenoxy) is 1. The molecule has 6 nitrogen and oxygen atoms in total. The van der Waals surface area contributed by atoms with Gasteiger partial charge in [-0.1, -0.05) is 50.8 Å². The minimum Gasteiger partial charge on any atom is -0.497 e. The minimum absolute atomic E-state index is 0.00626. The van der Waals surface area contributed by atoms with E-state index >= 15 is 0 Å². The fourth-order valence-corrected chi connectivity index (χ4v) is 5.06. The lowest BCUT2D eigenvalue weighted by Gasteiger charge is -2.22. The maximum Gasteiger partial charge on any atom is 0.254 e. The molecule has 2 N–H and O–H groups in total. The fourth-order valence-electron chi connectivity index (χ4n) is 4.29. The van der Waals surface area contributed by atoms with E-state index in [2.05, 4.69) is 15.2 Å². The molecular weight excluding hydrogens is 408 g/mol. The summed E-state index contributed by atoms with van der Waals surface area (Å²) < 4.78 is 5.22. The number of rotatable bonds is 8. The zero-order valence-electron chi connectivity index (χ0n) is 18.2. The van der Waals surface area contributed by atoms with E-state index in [9.17, 15) is 4.79 Å². The molecule has 1 fully saturated rings. The number of nitrogens with one attached hydrogen (secondary N) is 2. The lowest BCUT2D eigenvalue weighted by atomic mass is 9.85. The molecule has 0 spiro atoms. The van der Waals surface area contributed by atoms with Crippen LogP contribution in [0.3, 0.4) is 0 Å². The first-order valence-corrected chi connectivity index (χ1v) is 12.1. The first-order valence-electron chi connectivity index (χ1n) is 11.1. The molecule has 2 heterocycles. The Balaban J connectivity index is 1.45. The van der Waals surface area contributed by atoms with Gasteiger partial charge in [-0.05, 0) is 54.7 Å². The van der Waals surface area contributed by atoms with Crippen LogP contribution >= 0.6 is 11.8 Å². The summed E-state index contributed by atoms with van der Waals surface area (Å²) in [5, 5.41) is 8.20. The average Bonchev–Trinajstić information content (AvgIpc) is 3.27. The first-order chi connectivity index (χ1) is 15.2. The monoisotopic (exact) mass is 438 g/mol. The molecule has 3 aromatic rings. The van der Waals surface area contributed by atoms with Crippen molar-refractivity contribution in [2.45, 2.75) is 62.8 Å². The van der Waals surface area contributed by atoms with Gasteiger partial charge < -0.3 is 9.72 Å². The maximum absolute atomic E-state index is 12.6. The maximum atomic E-state index is 12.6. The SMILES string of the molecule is CCc1c(CC2CCCCC2)nc(SCc2cc(-c3ccc(OC)cc3)[nH]n2)[nH]c1=O. The van der Waals surface area contributed by atoms with Gasteiger partial charge in [0.25, 0.3) is 5.56 Å². The quantitative estimate of drug-likeness (QED) is 0.375. The second-order valence-corrected chi connectivity index (χ2v) is 9.11. The molecule has 4 rings (SSSR count). The fraction of sp³-hybridized carbons (Fsp3) is 0.458. The zero-order valence-corrected chi connectivity index (χ0v) is 19.1. The van der Waals surface area contributed by atoms with Gasteiger partial charge in [0, 0.05) is 11.3 Å². The molecule has 1 saturated carbocycles. The number of thioether (sulfide) groups is 1. The van der Waals surface area contributed by atoms with Crippen LogP contribution in [-0.2, 0) is 18.6 Å². The molecule has 1 aromatic carbocycles. The lowest BCUT2D eigenvalue weighted by Crippen LogP contribution is -2.21. The number of hydrogen-bond acceptors (Lipinski definition) is 5. The van der Waals surface area contributed by atoms with Crippen molar-refractivity contribution in [2.24, 2.45) is 5.92 Å². The molecule has 2 aromatic heterocycles. The molecule has 1 aliphatic rings. The Hall–Kier alpha value is -2.54. The van der Waals surface area contributed by atoms with E-state index in [1.165, 1.54) is 43.9 Å². The molecule has 0 unspecified atom stereocenters. The van der Waals surface area contributed by atoms with Crippen molar-refractivity contribution in [1.29, 1.82) is 0 Å². The molecule has 0 radical (unpaired) electrons. The molecule has 0 saturated heterocycles. The summed E-state index contributed by atoms with van der Waals surface area (Å²) in [6.07, 6.45) is 8.08. The summed E-state index contributed by atoms with van der Waals surface area (Å²) in [5.41, 5.74) is 4.77. The molecular formula is C24H30N4O2S.